The molecule has 0 saturated carbocycles. The molecule has 9 nitrogen and oxygen atoms in total. The molecule has 0 aliphatic carbocycles. The van der Waals surface area contributed by atoms with E-state index in [9.17, 15) is 15.3 Å². The van der Waals surface area contributed by atoms with Crippen LogP contribution in [0.4, 0.5) is 0 Å². The van der Waals surface area contributed by atoms with Gasteiger partial charge >= 0.3 is 0 Å². The van der Waals surface area contributed by atoms with E-state index in [-0.39, 0.29) is 13.0 Å². The predicted octanol–water partition coefficient (Wildman–Crippen LogP) is 0.411. The summed E-state index contributed by atoms with van der Waals surface area (Å²) in [4.78, 5) is 15.3. The van der Waals surface area contributed by atoms with Crippen LogP contribution in [-0.2, 0) is 11.2 Å². The van der Waals surface area contributed by atoms with Gasteiger partial charge in [-0.05, 0) is 11.5 Å². The summed E-state index contributed by atoms with van der Waals surface area (Å²) >= 11 is 4.56. The molecule has 0 bridgehead atoms. The molecule has 174 valence electrons. The van der Waals surface area contributed by atoms with Crippen LogP contribution in [0.25, 0.3) is 0 Å². The molecule has 0 aromatic heterocycles. The molecule has 3 heterocycles. The van der Waals surface area contributed by atoms with Gasteiger partial charge in [-0.1, -0.05) is 50.6 Å². The maximum absolute atomic E-state index is 11.5. The molecular formula is C22H31N5O4S. The first-order valence-electron chi connectivity index (χ1n) is 11.0. The zero-order chi connectivity index (χ0) is 22.9. The Morgan fingerprint density at radius 3 is 2.72 bits per heavy atom. The minimum atomic E-state index is -1.58. The van der Waals surface area contributed by atoms with Crippen LogP contribution < -0.4 is 5.32 Å². The second-order valence-electron chi connectivity index (χ2n) is 8.59. The molecular weight excluding hydrogens is 430 g/mol. The van der Waals surface area contributed by atoms with E-state index in [0.29, 0.717) is 24.0 Å². The highest BCUT2D eigenvalue weighted by Gasteiger charge is 2.53. The topological polar surface area (TPSA) is 122 Å². The first kappa shape index (κ1) is 23.3. The Balaban J connectivity index is 1.66. The summed E-state index contributed by atoms with van der Waals surface area (Å²) in [5.41, 5.74) is -0.321. The number of benzene rings is 1. The Morgan fingerprint density at radius 1 is 1.31 bits per heavy atom. The lowest BCUT2D eigenvalue weighted by atomic mass is 9.97. The number of rotatable bonds is 8. The maximum Gasteiger partial charge on any atom is 0.208 e. The zero-order valence-corrected chi connectivity index (χ0v) is 19.1. The fourth-order valence-electron chi connectivity index (χ4n) is 4.11. The summed E-state index contributed by atoms with van der Waals surface area (Å²) in [7, 11) is 0. The average Bonchev–Trinajstić information content (AvgIpc) is 3.30. The fourth-order valence-corrected chi connectivity index (χ4v) is 4.51. The third kappa shape index (κ3) is 4.35. The lowest BCUT2D eigenvalue weighted by Crippen LogP contribution is -2.56. The van der Waals surface area contributed by atoms with Crippen LogP contribution >= 0.6 is 12.6 Å². The monoisotopic (exact) mass is 461 g/mol. The van der Waals surface area contributed by atoms with Gasteiger partial charge in [0.1, 0.15) is 24.4 Å². The van der Waals surface area contributed by atoms with Gasteiger partial charge in [-0.25, -0.2) is 15.0 Å². The molecule has 7 atom stereocenters. The SMILES string of the molecule is CCC(C)CNC1N=C2C(=NC=NC2(O)Cc2ccccc2)N1[C@@H]1O[C@H](CO)[C@@H](O)[C@H]1S. The second kappa shape index (κ2) is 9.58. The molecule has 1 aromatic rings. The van der Waals surface area contributed by atoms with E-state index >= 15 is 0 Å². The van der Waals surface area contributed by atoms with Crippen molar-refractivity contribution in [2.45, 2.75) is 62.4 Å². The van der Waals surface area contributed by atoms with E-state index in [1.807, 2.05) is 30.3 Å². The van der Waals surface area contributed by atoms with Gasteiger partial charge in [0, 0.05) is 13.0 Å². The number of nitrogens with one attached hydrogen (secondary N) is 1. The number of ether oxygens (including phenoxy) is 1. The Hall–Kier alpha value is -1.82. The molecule has 3 aliphatic heterocycles. The number of aliphatic hydroxyl groups is 3. The first-order chi connectivity index (χ1) is 15.4. The highest BCUT2D eigenvalue weighted by Crippen LogP contribution is 2.34. The number of hydrogen-bond acceptors (Lipinski definition) is 10. The van der Waals surface area contributed by atoms with Crippen molar-refractivity contribution in [3.8, 4) is 0 Å². The minimum Gasteiger partial charge on any atom is -0.394 e. The van der Waals surface area contributed by atoms with Gasteiger partial charge < -0.3 is 20.1 Å². The van der Waals surface area contributed by atoms with Crippen LogP contribution in [0.3, 0.4) is 0 Å². The third-order valence-electron chi connectivity index (χ3n) is 6.23. The smallest absolute Gasteiger partial charge is 0.208 e. The third-order valence-corrected chi connectivity index (χ3v) is 6.79. The zero-order valence-electron chi connectivity index (χ0n) is 18.2. The largest absolute Gasteiger partial charge is 0.394 e. The molecule has 1 fully saturated rings. The van der Waals surface area contributed by atoms with Crippen LogP contribution in [0.2, 0.25) is 0 Å². The molecule has 32 heavy (non-hydrogen) atoms. The van der Waals surface area contributed by atoms with Crippen molar-refractivity contribution in [1.29, 1.82) is 0 Å². The minimum absolute atomic E-state index is 0.242. The van der Waals surface area contributed by atoms with E-state index in [1.165, 1.54) is 6.34 Å². The summed E-state index contributed by atoms with van der Waals surface area (Å²) in [6.07, 6.45) is -0.413. The number of hydrogen-bond donors (Lipinski definition) is 5. The Bertz CT molecular complexity index is 898. The first-order valence-corrected chi connectivity index (χ1v) is 11.5. The van der Waals surface area contributed by atoms with Crippen LogP contribution in [0.1, 0.15) is 25.8 Å². The molecule has 0 amide bonds. The van der Waals surface area contributed by atoms with Crippen molar-refractivity contribution in [2.24, 2.45) is 20.9 Å². The Kier molecular flexibility index (Phi) is 6.99. The lowest BCUT2D eigenvalue weighted by molar-refractivity contribution is -0.0670. The summed E-state index contributed by atoms with van der Waals surface area (Å²) in [5.74, 6) is 0.836. The molecule has 3 aliphatic rings. The Morgan fingerprint density at radius 2 is 2.06 bits per heavy atom. The average molecular weight is 462 g/mol. The summed E-state index contributed by atoms with van der Waals surface area (Å²) in [6, 6.07) is 9.59. The standard InChI is InChI=1S/C22H31N5O4S/c1-3-13(2)10-23-21-26-18-19(27(21)20-17(32)16(29)15(11-28)31-20)24-12-25-22(18,30)9-14-7-5-4-6-8-14/h4-8,12-13,15-17,20-21,23,28-30,32H,3,9-11H2,1-2H3/t13?,15-,16-,17-,20-,21?,22?/m1/s1. The Labute approximate surface area is 193 Å². The summed E-state index contributed by atoms with van der Waals surface area (Å²) in [5, 5.41) is 34.4. The molecule has 1 saturated heterocycles. The van der Waals surface area contributed by atoms with Crippen LogP contribution in [-0.4, -0.2) is 87.0 Å². The van der Waals surface area contributed by atoms with Gasteiger partial charge in [-0.2, -0.15) is 12.6 Å². The van der Waals surface area contributed by atoms with Gasteiger partial charge in [-0.15, -0.1) is 0 Å². The molecule has 1 aromatic carbocycles. The number of aliphatic hydroxyl groups excluding tert-OH is 2. The second-order valence-corrected chi connectivity index (χ2v) is 9.18. The molecule has 0 spiro atoms. The van der Waals surface area contributed by atoms with E-state index < -0.39 is 35.7 Å². The van der Waals surface area contributed by atoms with E-state index in [0.717, 1.165) is 12.0 Å². The number of thiol groups is 1. The van der Waals surface area contributed by atoms with Gasteiger partial charge in [-0.3, -0.25) is 10.2 Å². The van der Waals surface area contributed by atoms with Crippen molar-refractivity contribution in [3.63, 3.8) is 0 Å². The van der Waals surface area contributed by atoms with Gasteiger partial charge in [0.2, 0.25) is 5.72 Å². The summed E-state index contributed by atoms with van der Waals surface area (Å²) in [6.45, 7) is 4.62. The van der Waals surface area contributed by atoms with Gasteiger partial charge in [0.25, 0.3) is 0 Å². The number of fused-ring (bicyclic) bond motifs is 1. The van der Waals surface area contributed by atoms with Crippen molar-refractivity contribution in [1.82, 2.24) is 10.2 Å². The fraction of sp³-hybridized carbons (Fsp3) is 0.591. The highest BCUT2D eigenvalue weighted by atomic mass is 32.1. The van der Waals surface area contributed by atoms with Crippen molar-refractivity contribution >= 4 is 30.5 Å². The van der Waals surface area contributed by atoms with Crippen molar-refractivity contribution in [2.75, 3.05) is 13.2 Å². The highest BCUT2D eigenvalue weighted by molar-refractivity contribution is 7.81. The quantitative estimate of drug-likeness (QED) is 0.358. The number of amidine groups is 1. The van der Waals surface area contributed by atoms with E-state index in [2.05, 4.69) is 41.8 Å². The molecule has 0 radical (unpaired) electrons. The van der Waals surface area contributed by atoms with E-state index in [4.69, 9.17) is 9.73 Å². The van der Waals surface area contributed by atoms with E-state index in [1.54, 1.807) is 4.90 Å². The van der Waals surface area contributed by atoms with Crippen LogP contribution in [0, 0.1) is 5.92 Å². The predicted molar refractivity (Wildman–Crippen MR) is 126 cm³/mol. The summed E-state index contributed by atoms with van der Waals surface area (Å²) < 4.78 is 5.95. The lowest BCUT2D eigenvalue weighted by Gasteiger charge is -2.35. The normalized spacial score (nSPS) is 34.9. The number of nitrogens with zero attached hydrogens (tertiary/aromatic N) is 4. The van der Waals surface area contributed by atoms with Crippen molar-refractivity contribution in [3.05, 3.63) is 35.9 Å². The maximum atomic E-state index is 11.5. The molecule has 4 N–H and O–H groups in total. The van der Waals surface area contributed by atoms with Crippen LogP contribution in [0.5, 0.6) is 0 Å². The number of aliphatic imine (C=N–C) groups is 3. The molecule has 3 unspecified atom stereocenters. The molecule has 10 heteroatoms. The van der Waals surface area contributed by atoms with Gasteiger partial charge in [0.05, 0.1) is 18.0 Å². The van der Waals surface area contributed by atoms with Gasteiger partial charge in [0.15, 0.2) is 12.1 Å². The molecule has 4 rings (SSSR count). The van der Waals surface area contributed by atoms with Crippen LogP contribution in [0.15, 0.2) is 45.3 Å². The van der Waals surface area contributed by atoms with Crippen molar-refractivity contribution < 1.29 is 20.1 Å².